The van der Waals surface area contributed by atoms with Crippen LogP contribution in [0.25, 0.3) is 0 Å². The topological polar surface area (TPSA) is 105 Å². The zero-order chi connectivity index (χ0) is 20.7. The van der Waals surface area contributed by atoms with E-state index >= 15 is 0 Å². The number of carbonyl (C=O) groups excluding carboxylic acids is 3. The lowest BCUT2D eigenvalue weighted by Crippen LogP contribution is -2.48. The SMILES string of the molecule is CC(C(=O)Nc1cc(CN)cc(C(F)(F)F)c1)N1C(=O)NC2(CCCC2)C1=O.Cl. The minimum Gasteiger partial charge on any atom is -0.326 e. The second kappa shape index (κ2) is 8.19. The van der Waals surface area contributed by atoms with Crippen LogP contribution < -0.4 is 16.4 Å². The molecule has 1 spiro atoms. The molecule has 160 valence electrons. The first-order valence-corrected chi connectivity index (χ1v) is 8.95. The van der Waals surface area contributed by atoms with Crippen molar-refractivity contribution in [1.82, 2.24) is 10.2 Å². The average molecular weight is 435 g/mol. The highest BCUT2D eigenvalue weighted by Crippen LogP contribution is 2.36. The van der Waals surface area contributed by atoms with E-state index in [1.54, 1.807) is 0 Å². The van der Waals surface area contributed by atoms with Crippen LogP contribution in [0.15, 0.2) is 18.2 Å². The largest absolute Gasteiger partial charge is 0.416 e. The van der Waals surface area contributed by atoms with Crippen molar-refractivity contribution in [3.8, 4) is 0 Å². The van der Waals surface area contributed by atoms with E-state index in [0.29, 0.717) is 12.8 Å². The number of alkyl halides is 3. The summed E-state index contributed by atoms with van der Waals surface area (Å²) in [6.07, 6.45) is -1.99. The van der Waals surface area contributed by atoms with Crippen molar-refractivity contribution in [2.24, 2.45) is 5.73 Å². The first kappa shape index (κ1) is 23.0. The van der Waals surface area contributed by atoms with Crippen molar-refractivity contribution in [3.05, 3.63) is 29.3 Å². The number of benzene rings is 1. The van der Waals surface area contributed by atoms with Gasteiger partial charge in [-0.15, -0.1) is 12.4 Å². The van der Waals surface area contributed by atoms with Gasteiger partial charge >= 0.3 is 12.2 Å². The fraction of sp³-hybridized carbons (Fsp3) is 0.500. The molecule has 1 aromatic rings. The molecule has 4 N–H and O–H groups in total. The Labute approximate surface area is 171 Å². The zero-order valence-corrected chi connectivity index (χ0v) is 16.5. The number of rotatable bonds is 4. The molecule has 11 heteroatoms. The molecule has 0 radical (unpaired) electrons. The van der Waals surface area contributed by atoms with Gasteiger partial charge in [0.1, 0.15) is 11.6 Å². The lowest BCUT2D eigenvalue weighted by molar-refractivity contribution is -0.137. The molecule has 1 aliphatic carbocycles. The molecule has 29 heavy (non-hydrogen) atoms. The standard InChI is InChI=1S/C18H21F3N4O3.ClH/c1-10(25-15(27)17(24-16(25)28)4-2-3-5-17)14(26)23-13-7-11(9-22)6-12(8-13)18(19,20)21;/h6-8,10H,2-5,9,22H2,1H3,(H,23,26)(H,24,28);1H. The molecule has 0 aromatic heterocycles. The number of amides is 4. The Morgan fingerprint density at radius 2 is 1.90 bits per heavy atom. The maximum atomic E-state index is 13.0. The van der Waals surface area contributed by atoms with Crippen molar-refractivity contribution >= 4 is 35.9 Å². The van der Waals surface area contributed by atoms with E-state index in [-0.39, 0.29) is 30.2 Å². The zero-order valence-electron chi connectivity index (χ0n) is 15.6. The number of halogens is 4. The van der Waals surface area contributed by atoms with Crippen molar-refractivity contribution in [2.75, 3.05) is 5.32 Å². The van der Waals surface area contributed by atoms with Gasteiger partial charge in [-0.1, -0.05) is 12.8 Å². The van der Waals surface area contributed by atoms with Crippen LogP contribution in [0.5, 0.6) is 0 Å². The Morgan fingerprint density at radius 1 is 1.28 bits per heavy atom. The third-order valence-corrected chi connectivity index (χ3v) is 5.24. The number of urea groups is 1. The Balaban J connectivity index is 0.00000300. The maximum absolute atomic E-state index is 13.0. The first-order chi connectivity index (χ1) is 13.1. The summed E-state index contributed by atoms with van der Waals surface area (Å²) in [4.78, 5) is 38.4. The monoisotopic (exact) mass is 434 g/mol. The van der Waals surface area contributed by atoms with E-state index in [1.165, 1.54) is 13.0 Å². The Hall–Kier alpha value is -2.33. The van der Waals surface area contributed by atoms with Crippen LogP contribution in [-0.4, -0.2) is 34.3 Å². The molecule has 0 bridgehead atoms. The normalized spacial score (nSPS) is 19.1. The number of nitrogens with one attached hydrogen (secondary N) is 2. The molecule has 2 fully saturated rings. The maximum Gasteiger partial charge on any atom is 0.416 e. The van der Waals surface area contributed by atoms with Crippen LogP contribution in [0.4, 0.5) is 23.7 Å². The summed E-state index contributed by atoms with van der Waals surface area (Å²) < 4.78 is 39.1. The van der Waals surface area contributed by atoms with Crippen LogP contribution in [0.1, 0.15) is 43.7 Å². The minimum atomic E-state index is -4.60. The van der Waals surface area contributed by atoms with Crippen molar-refractivity contribution in [2.45, 2.75) is 56.9 Å². The van der Waals surface area contributed by atoms with Crippen LogP contribution in [-0.2, 0) is 22.3 Å². The lowest BCUT2D eigenvalue weighted by atomic mass is 9.97. The van der Waals surface area contributed by atoms with Gasteiger partial charge < -0.3 is 16.4 Å². The third kappa shape index (κ3) is 4.32. The number of hydrogen-bond donors (Lipinski definition) is 3. The van der Waals surface area contributed by atoms with E-state index in [0.717, 1.165) is 29.9 Å². The van der Waals surface area contributed by atoms with E-state index < -0.39 is 41.2 Å². The molecular formula is C18H22ClF3N4O3. The minimum absolute atomic E-state index is 0. The Bertz CT molecular complexity index is 825. The summed E-state index contributed by atoms with van der Waals surface area (Å²) in [6, 6.07) is 1.17. The summed E-state index contributed by atoms with van der Waals surface area (Å²) in [7, 11) is 0. The molecule has 1 heterocycles. The molecule has 3 rings (SSSR count). The van der Waals surface area contributed by atoms with E-state index in [9.17, 15) is 27.6 Å². The van der Waals surface area contributed by atoms with E-state index in [1.807, 2.05) is 0 Å². The number of carbonyl (C=O) groups is 3. The molecule has 1 atom stereocenters. The summed E-state index contributed by atoms with van der Waals surface area (Å²) in [5.41, 5.74) is 3.62. The number of nitrogens with two attached hydrogens (primary N) is 1. The van der Waals surface area contributed by atoms with Crippen molar-refractivity contribution in [1.29, 1.82) is 0 Å². The summed E-state index contributed by atoms with van der Waals surface area (Å²) in [5, 5.41) is 5.03. The smallest absolute Gasteiger partial charge is 0.326 e. The highest BCUT2D eigenvalue weighted by Gasteiger charge is 2.54. The van der Waals surface area contributed by atoms with Crippen LogP contribution >= 0.6 is 12.4 Å². The van der Waals surface area contributed by atoms with Gasteiger partial charge in [-0.05, 0) is 43.5 Å². The second-order valence-electron chi connectivity index (χ2n) is 7.18. The van der Waals surface area contributed by atoms with Gasteiger partial charge in [-0.3, -0.25) is 9.59 Å². The average Bonchev–Trinajstić information content (AvgIpc) is 3.18. The molecule has 1 aromatic carbocycles. The second-order valence-corrected chi connectivity index (χ2v) is 7.18. The van der Waals surface area contributed by atoms with E-state index in [4.69, 9.17) is 5.73 Å². The van der Waals surface area contributed by atoms with Crippen molar-refractivity contribution < 1.29 is 27.6 Å². The Kier molecular flexibility index (Phi) is 6.48. The van der Waals surface area contributed by atoms with Crippen LogP contribution in [0.2, 0.25) is 0 Å². The fourth-order valence-corrected chi connectivity index (χ4v) is 3.72. The molecule has 1 saturated heterocycles. The fourth-order valence-electron chi connectivity index (χ4n) is 3.72. The first-order valence-electron chi connectivity index (χ1n) is 8.95. The molecule has 1 aliphatic heterocycles. The van der Waals surface area contributed by atoms with E-state index in [2.05, 4.69) is 10.6 Å². The molecule has 7 nitrogen and oxygen atoms in total. The van der Waals surface area contributed by atoms with Gasteiger partial charge in [0.15, 0.2) is 0 Å². The highest BCUT2D eigenvalue weighted by atomic mass is 35.5. The number of imide groups is 1. The van der Waals surface area contributed by atoms with Crippen LogP contribution in [0, 0.1) is 0 Å². The molecular weight excluding hydrogens is 413 g/mol. The summed E-state index contributed by atoms with van der Waals surface area (Å²) in [6.45, 7) is 1.22. The Morgan fingerprint density at radius 3 is 2.45 bits per heavy atom. The number of hydrogen-bond acceptors (Lipinski definition) is 4. The van der Waals surface area contributed by atoms with Gasteiger partial charge in [0, 0.05) is 12.2 Å². The van der Waals surface area contributed by atoms with Crippen LogP contribution in [0.3, 0.4) is 0 Å². The highest BCUT2D eigenvalue weighted by molar-refractivity contribution is 6.11. The number of nitrogens with zero attached hydrogens (tertiary/aromatic N) is 1. The van der Waals surface area contributed by atoms with Gasteiger partial charge in [-0.2, -0.15) is 13.2 Å². The molecule has 1 saturated carbocycles. The van der Waals surface area contributed by atoms with Gasteiger partial charge in [0.2, 0.25) is 5.91 Å². The van der Waals surface area contributed by atoms with Gasteiger partial charge in [-0.25, -0.2) is 9.69 Å². The molecule has 4 amide bonds. The summed E-state index contributed by atoms with van der Waals surface area (Å²) in [5.74, 6) is -1.23. The molecule has 2 aliphatic rings. The predicted octanol–water partition coefficient (Wildman–Crippen LogP) is 2.78. The lowest BCUT2D eigenvalue weighted by Gasteiger charge is -2.23. The third-order valence-electron chi connectivity index (χ3n) is 5.24. The van der Waals surface area contributed by atoms with Gasteiger partial charge in [0.05, 0.1) is 5.56 Å². The quantitative estimate of drug-likeness (QED) is 0.634. The predicted molar refractivity (Wildman–Crippen MR) is 101 cm³/mol. The molecule has 1 unspecified atom stereocenters. The number of anilines is 1. The summed E-state index contributed by atoms with van der Waals surface area (Å²) >= 11 is 0. The van der Waals surface area contributed by atoms with Crippen molar-refractivity contribution in [3.63, 3.8) is 0 Å². The van der Waals surface area contributed by atoms with Gasteiger partial charge in [0.25, 0.3) is 5.91 Å².